The molecule has 0 unspecified atom stereocenters. The summed E-state index contributed by atoms with van der Waals surface area (Å²) in [6.07, 6.45) is 9.38. The maximum atomic E-state index is 12.1. The summed E-state index contributed by atoms with van der Waals surface area (Å²) in [5, 5.41) is 11.7. The lowest BCUT2D eigenvalue weighted by Gasteiger charge is -2.08. The van der Waals surface area contributed by atoms with Crippen LogP contribution in [0.5, 0.6) is 5.75 Å². The molecule has 0 saturated carbocycles. The van der Waals surface area contributed by atoms with Crippen molar-refractivity contribution >= 4 is 11.9 Å². The second-order valence-electron chi connectivity index (χ2n) is 6.07. The predicted molar refractivity (Wildman–Crippen MR) is 98.9 cm³/mol. The summed E-state index contributed by atoms with van der Waals surface area (Å²) < 4.78 is 10.5. The van der Waals surface area contributed by atoms with Crippen LogP contribution in [-0.2, 0) is 4.74 Å². The highest BCUT2D eigenvalue weighted by Gasteiger charge is 2.15. The first-order valence-electron chi connectivity index (χ1n) is 9.23. The van der Waals surface area contributed by atoms with Crippen LogP contribution in [0, 0.1) is 0 Å². The third-order valence-electron chi connectivity index (χ3n) is 3.93. The van der Waals surface area contributed by atoms with Crippen LogP contribution in [0.2, 0.25) is 0 Å². The van der Waals surface area contributed by atoms with E-state index in [1.807, 2.05) is 0 Å². The van der Waals surface area contributed by atoms with Gasteiger partial charge < -0.3 is 19.9 Å². The fourth-order valence-corrected chi connectivity index (χ4v) is 2.45. The second kappa shape index (κ2) is 13.1. The minimum absolute atomic E-state index is 0.0624. The van der Waals surface area contributed by atoms with Gasteiger partial charge >= 0.3 is 5.97 Å². The zero-order valence-electron chi connectivity index (χ0n) is 15.8. The first-order valence-corrected chi connectivity index (χ1v) is 9.23. The lowest BCUT2D eigenvalue weighted by Crippen LogP contribution is -2.25. The van der Waals surface area contributed by atoms with E-state index >= 15 is 0 Å². The number of carboxylic acids is 1. The van der Waals surface area contributed by atoms with Gasteiger partial charge in [-0.2, -0.15) is 0 Å². The van der Waals surface area contributed by atoms with Crippen molar-refractivity contribution in [1.82, 2.24) is 10.3 Å². The SMILES string of the molecule is CCCCCCCCOCCCNC(=O)c1cnc(C(=O)O)c(OC)c1. The number of carbonyl (C=O) groups is 2. The molecule has 0 aliphatic rings. The van der Waals surface area contributed by atoms with Gasteiger partial charge in [-0.15, -0.1) is 0 Å². The molecule has 0 fully saturated rings. The molecule has 0 saturated heterocycles. The summed E-state index contributed by atoms with van der Waals surface area (Å²) in [6, 6.07) is 1.38. The molecule has 0 spiro atoms. The van der Waals surface area contributed by atoms with Crippen molar-refractivity contribution in [3.63, 3.8) is 0 Å². The number of aromatic nitrogens is 1. The average Bonchev–Trinajstić information content (AvgIpc) is 2.65. The van der Waals surface area contributed by atoms with Crippen molar-refractivity contribution in [3.05, 3.63) is 23.5 Å². The molecule has 146 valence electrons. The summed E-state index contributed by atoms with van der Waals surface area (Å²) in [5.41, 5.74) is 0.0481. The lowest BCUT2D eigenvalue weighted by molar-refractivity contribution is 0.0685. The molecule has 1 aromatic heterocycles. The Kier molecular flexibility index (Phi) is 11.0. The van der Waals surface area contributed by atoms with Crippen molar-refractivity contribution in [2.24, 2.45) is 0 Å². The van der Waals surface area contributed by atoms with Crippen LogP contribution < -0.4 is 10.1 Å². The fraction of sp³-hybridized carbons (Fsp3) is 0.632. The van der Waals surface area contributed by atoms with Gasteiger partial charge in [0.15, 0.2) is 11.4 Å². The van der Waals surface area contributed by atoms with Crippen LogP contribution >= 0.6 is 0 Å². The Balaban J connectivity index is 2.18. The van der Waals surface area contributed by atoms with Crippen LogP contribution in [-0.4, -0.2) is 48.8 Å². The molecular formula is C19H30N2O5. The molecule has 0 radical (unpaired) electrons. The molecule has 1 amide bonds. The number of ether oxygens (including phenoxy) is 2. The Morgan fingerprint density at radius 1 is 1.12 bits per heavy atom. The number of carboxylic acid groups (broad SMARTS) is 1. The maximum Gasteiger partial charge on any atom is 0.358 e. The van der Waals surface area contributed by atoms with Gasteiger partial charge in [0.05, 0.1) is 12.7 Å². The highest BCUT2D eigenvalue weighted by atomic mass is 16.5. The van der Waals surface area contributed by atoms with E-state index in [2.05, 4.69) is 17.2 Å². The highest BCUT2D eigenvalue weighted by Crippen LogP contribution is 2.17. The van der Waals surface area contributed by atoms with Gasteiger partial charge in [0.1, 0.15) is 0 Å². The van der Waals surface area contributed by atoms with E-state index in [0.29, 0.717) is 13.2 Å². The number of nitrogens with zero attached hydrogens (tertiary/aromatic N) is 1. The quantitative estimate of drug-likeness (QED) is 0.490. The summed E-state index contributed by atoms with van der Waals surface area (Å²) in [5.74, 6) is -1.45. The Bertz CT molecular complexity index is 563. The average molecular weight is 366 g/mol. The van der Waals surface area contributed by atoms with E-state index < -0.39 is 5.97 Å². The van der Waals surface area contributed by atoms with Crippen LogP contribution in [0.3, 0.4) is 0 Å². The molecule has 0 aliphatic heterocycles. The van der Waals surface area contributed by atoms with E-state index in [1.54, 1.807) is 0 Å². The molecule has 7 nitrogen and oxygen atoms in total. The van der Waals surface area contributed by atoms with Crippen LogP contribution in [0.25, 0.3) is 0 Å². The summed E-state index contributed by atoms with van der Waals surface area (Å²) in [4.78, 5) is 26.8. The smallest absolute Gasteiger partial charge is 0.358 e. The number of amides is 1. The van der Waals surface area contributed by atoms with Crippen molar-refractivity contribution in [1.29, 1.82) is 0 Å². The number of hydrogen-bond donors (Lipinski definition) is 2. The number of aromatic carboxylic acids is 1. The molecular weight excluding hydrogens is 336 g/mol. The number of unbranched alkanes of at least 4 members (excludes halogenated alkanes) is 5. The van der Waals surface area contributed by atoms with Crippen molar-refractivity contribution in [2.45, 2.75) is 51.9 Å². The predicted octanol–water partition coefficient (Wildman–Crippen LogP) is 3.29. The molecule has 0 aliphatic carbocycles. The van der Waals surface area contributed by atoms with Gasteiger partial charge in [0.25, 0.3) is 5.91 Å². The lowest BCUT2D eigenvalue weighted by atomic mass is 10.1. The first-order chi connectivity index (χ1) is 12.6. The third kappa shape index (κ3) is 8.29. The molecule has 1 rings (SSSR count). The van der Waals surface area contributed by atoms with Gasteiger partial charge in [-0.05, 0) is 18.9 Å². The van der Waals surface area contributed by atoms with Gasteiger partial charge in [-0.25, -0.2) is 9.78 Å². The molecule has 1 aromatic rings. The zero-order chi connectivity index (χ0) is 19.2. The Morgan fingerprint density at radius 3 is 2.50 bits per heavy atom. The summed E-state index contributed by atoms with van der Waals surface area (Å²) >= 11 is 0. The summed E-state index contributed by atoms with van der Waals surface area (Å²) in [7, 11) is 1.34. The van der Waals surface area contributed by atoms with E-state index in [0.717, 1.165) is 19.4 Å². The number of rotatable bonds is 14. The largest absolute Gasteiger partial charge is 0.494 e. The third-order valence-corrected chi connectivity index (χ3v) is 3.93. The number of carbonyl (C=O) groups excluding carboxylic acids is 1. The molecule has 0 bridgehead atoms. The number of hydrogen-bond acceptors (Lipinski definition) is 5. The Hall–Kier alpha value is -2.15. The Morgan fingerprint density at radius 2 is 1.81 bits per heavy atom. The van der Waals surface area contributed by atoms with Crippen molar-refractivity contribution in [2.75, 3.05) is 26.9 Å². The van der Waals surface area contributed by atoms with E-state index in [4.69, 9.17) is 14.6 Å². The Labute approximate surface area is 155 Å². The summed E-state index contributed by atoms with van der Waals surface area (Å²) in [6.45, 7) is 4.06. The van der Waals surface area contributed by atoms with Gasteiger partial charge in [-0.3, -0.25) is 4.79 Å². The van der Waals surface area contributed by atoms with Crippen LogP contribution in [0.4, 0.5) is 0 Å². The second-order valence-corrected chi connectivity index (χ2v) is 6.07. The molecule has 0 aromatic carbocycles. The number of methoxy groups -OCH3 is 1. The fourth-order valence-electron chi connectivity index (χ4n) is 2.45. The minimum atomic E-state index is -1.20. The molecule has 7 heteroatoms. The molecule has 1 heterocycles. The number of pyridine rings is 1. The number of nitrogens with one attached hydrogen (secondary N) is 1. The van der Waals surface area contributed by atoms with Crippen LogP contribution in [0.15, 0.2) is 12.3 Å². The highest BCUT2D eigenvalue weighted by molar-refractivity contribution is 5.96. The van der Waals surface area contributed by atoms with Crippen LogP contribution in [0.1, 0.15) is 72.7 Å². The maximum absolute atomic E-state index is 12.1. The van der Waals surface area contributed by atoms with Crippen molar-refractivity contribution < 1.29 is 24.2 Å². The topological polar surface area (TPSA) is 97.8 Å². The van der Waals surface area contributed by atoms with E-state index in [1.165, 1.54) is 51.5 Å². The van der Waals surface area contributed by atoms with E-state index in [-0.39, 0.29) is 22.9 Å². The molecule has 2 N–H and O–H groups in total. The zero-order valence-corrected chi connectivity index (χ0v) is 15.8. The first kappa shape index (κ1) is 21.9. The normalized spacial score (nSPS) is 10.5. The monoisotopic (exact) mass is 366 g/mol. The van der Waals surface area contributed by atoms with Gasteiger partial charge in [-0.1, -0.05) is 39.0 Å². The van der Waals surface area contributed by atoms with Gasteiger partial charge in [0, 0.05) is 26.0 Å². The standard InChI is InChI=1S/C19H30N2O5/c1-3-4-5-6-7-8-11-26-12-9-10-20-18(22)15-13-16(25-2)17(19(23)24)21-14-15/h13-14H,3-12H2,1-2H3,(H,20,22)(H,23,24). The minimum Gasteiger partial charge on any atom is -0.494 e. The molecule has 26 heavy (non-hydrogen) atoms. The van der Waals surface area contributed by atoms with Gasteiger partial charge in [0.2, 0.25) is 0 Å². The van der Waals surface area contributed by atoms with Crippen molar-refractivity contribution in [3.8, 4) is 5.75 Å². The van der Waals surface area contributed by atoms with E-state index in [9.17, 15) is 9.59 Å². The molecule has 0 atom stereocenters.